The van der Waals surface area contributed by atoms with Gasteiger partial charge in [-0.05, 0) is 24.6 Å². The van der Waals surface area contributed by atoms with Gasteiger partial charge in [-0.15, -0.1) is 0 Å². The van der Waals surface area contributed by atoms with E-state index in [9.17, 15) is 31.1 Å². The van der Waals surface area contributed by atoms with Crippen LogP contribution in [0.2, 0.25) is 0 Å². The fraction of sp³-hybridized carbons (Fsp3) is 0.417. The zero-order valence-corrected chi connectivity index (χ0v) is 10.6. The normalized spacial score (nSPS) is 15.6. The Labute approximate surface area is 115 Å². The first-order valence-electron chi connectivity index (χ1n) is 5.59. The molecule has 21 heavy (non-hydrogen) atoms. The van der Waals surface area contributed by atoms with Crippen molar-refractivity contribution >= 4 is 5.97 Å². The number of carbonyl (C=O) groups is 1. The number of benzene rings is 1. The lowest BCUT2D eigenvalue weighted by molar-refractivity contribution is -0.150. The second-order valence-electron chi connectivity index (χ2n) is 4.47. The maximum Gasteiger partial charge on any atom is 0.416 e. The average molecular weight is 315 g/mol. The minimum absolute atomic E-state index is 0.216. The van der Waals surface area contributed by atoms with Gasteiger partial charge in [0.2, 0.25) is 0 Å². The van der Waals surface area contributed by atoms with Crippen molar-refractivity contribution in [3.8, 4) is 0 Å². The van der Waals surface area contributed by atoms with E-state index in [1.54, 1.807) is 5.32 Å². The number of alkyl halides is 6. The number of hydrogen-bond donors (Lipinski definition) is 2. The highest BCUT2D eigenvalue weighted by Crippen LogP contribution is 2.31. The van der Waals surface area contributed by atoms with Gasteiger partial charge < -0.3 is 5.11 Å². The largest absolute Gasteiger partial charge is 0.480 e. The molecule has 0 amide bonds. The van der Waals surface area contributed by atoms with Crippen molar-refractivity contribution in [1.29, 1.82) is 0 Å². The summed E-state index contributed by atoms with van der Waals surface area (Å²) in [6.07, 6.45) is -9.26. The van der Waals surface area contributed by atoms with Gasteiger partial charge >= 0.3 is 18.3 Å². The third-order valence-electron chi connectivity index (χ3n) is 2.86. The van der Waals surface area contributed by atoms with Crippen molar-refractivity contribution in [2.45, 2.75) is 24.8 Å². The summed E-state index contributed by atoms with van der Waals surface area (Å²) in [6, 6.07) is 2.90. The standard InChI is InChI=1S/C12H11F6NO2/c1-10(9(20)21,19-6-11(13,14)15)7-2-4-8(5-3-7)12(16,17)18/h2-5,19H,6H2,1H3,(H,20,21). The number of carboxylic acids is 1. The van der Waals surface area contributed by atoms with E-state index in [2.05, 4.69) is 0 Å². The highest BCUT2D eigenvalue weighted by Gasteiger charge is 2.40. The van der Waals surface area contributed by atoms with E-state index >= 15 is 0 Å². The van der Waals surface area contributed by atoms with E-state index in [0.29, 0.717) is 12.1 Å². The lowest BCUT2D eigenvalue weighted by Crippen LogP contribution is -2.50. The van der Waals surface area contributed by atoms with E-state index in [1.165, 1.54) is 0 Å². The fourth-order valence-electron chi connectivity index (χ4n) is 1.57. The molecule has 0 aliphatic heterocycles. The molecular formula is C12H11F6NO2. The first kappa shape index (κ1) is 17.3. The van der Waals surface area contributed by atoms with Crippen molar-refractivity contribution in [1.82, 2.24) is 5.32 Å². The average Bonchev–Trinajstić information content (AvgIpc) is 2.34. The van der Waals surface area contributed by atoms with Gasteiger partial charge in [0.05, 0.1) is 12.1 Å². The number of hydrogen-bond acceptors (Lipinski definition) is 2. The molecule has 1 rings (SSSR count). The van der Waals surface area contributed by atoms with Crippen LogP contribution < -0.4 is 5.32 Å². The van der Waals surface area contributed by atoms with Crippen LogP contribution in [0.5, 0.6) is 0 Å². The smallest absolute Gasteiger partial charge is 0.416 e. The van der Waals surface area contributed by atoms with Crippen LogP contribution in [0, 0.1) is 0 Å². The van der Waals surface area contributed by atoms with Crippen LogP contribution in [0.4, 0.5) is 26.3 Å². The van der Waals surface area contributed by atoms with Crippen molar-refractivity contribution in [3.63, 3.8) is 0 Å². The second-order valence-corrected chi connectivity index (χ2v) is 4.47. The molecule has 0 aliphatic carbocycles. The second kappa shape index (κ2) is 5.55. The molecular weight excluding hydrogens is 304 g/mol. The van der Waals surface area contributed by atoms with Gasteiger partial charge in [-0.3, -0.25) is 5.32 Å². The highest BCUT2D eigenvalue weighted by atomic mass is 19.4. The van der Waals surface area contributed by atoms with Crippen molar-refractivity contribution in [2.24, 2.45) is 0 Å². The Bertz CT molecular complexity index is 508. The SMILES string of the molecule is CC(NCC(F)(F)F)(C(=O)O)c1ccc(C(F)(F)F)cc1. The monoisotopic (exact) mass is 315 g/mol. The van der Waals surface area contributed by atoms with Crippen LogP contribution >= 0.6 is 0 Å². The van der Waals surface area contributed by atoms with Gasteiger partial charge in [-0.2, -0.15) is 26.3 Å². The predicted molar refractivity (Wildman–Crippen MR) is 60.5 cm³/mol. The summed E-state index contributed by atoms with van der Waals surface area (Å²) in [7, 11) is 0. The molecule has 0 aromatic heterocycles. The van der Waals surface area contributed by atoms with Crippen LogP contribution in [0.1, 0.15) is 18.1 Å². The number of aliphatic carboxylic acids is 1. The molecule has 0 heterocycles. The molecule has 3 nitrogen and oxygen atoms in total. The summed E-state index contributed by atoms with van der Waals surface area (Å²) < 4.78 is 73.7. The minimum atomic E-state index is -4.65. The molecule has 0 radical (unpaired) electrons. The van der Waals surface area contributed by atoms with Crippen molar-refractivity contribution in [2.75, 3.05) is 6.54 Å². The molecule has 1 aromatic rings. The zero-order chi connectivity index (χ0) is 16.5. The molecule has 1 atom stereocenters. The Kier molecular flexibility index (Phi) is 4.57. The lowest BCUT2D eigenvalue weighted by atomic mass is 9.91. The Morgan fingerprint density at radius 1 is 1.05 bits per heavy atom. The fourth-order valence-corrected chi connectivity index (χ4v) is 1.57. The van der Waals surface area contributed by atoms with Gasteiger partial charge in [0.1, 0.15) is 5.54 Å². The van der Waals surface area contributed by atoms with E-state index < -0.39 is 36.0 Å². The molecule has 0 saturated heterocycles. The number of carboxylic acid groups (broad SMARTS) is 1. The molecule has 2 N–H and O–H groups in total. The maximum absolute atomic E-state index is 12.4. The zero-order valence-electron chi connectivity index (χ0n) is 10.6. The Morgan fingerprint density at radius 3 is 1.81 bits per heavy atom. The minimum Gasteiger partial charge on any atom is -0.480 e. The summed E-state index contributed by atoms with van der Waals surface area (Å²) in [5.74, 6) is -1.63. The summed E-state index contributed by atoms with van der Waals surface area (Å²) >= 11 is 0. The van der Waals surface area contributed by atoms with Crippen molar-refractivity contribution in [3.05, 3.63) is 35.4 Å². The topological polar surface area (TPSA) is 49.3 Å². The molecule has 118 valence electrons. The Morgan fingerprint density at radius 2 is 1.48 bits per heavy atom. The van der Waals surface area contributed by atoms with Crippen LogP contribution in [0.3, 0.4) is 0 Å². The predicted octanol–water partition coefficient (Wildman–Crippen LogP) is 3.16. The van der Waals surface area contributed by atoms with Gasteiger partial charge in [0, 0.05) is 0 Å². The molecule has 0 fully saturated rings. The summed E-state index contributed by atoms with van der Waals surface area (Å²) in [5, 5.41) is 10.9. The highest BCUT2D eigenvalue weighted by molar-refractivity contribution is 5.80. The lowest BCUT2D eigenvalue weighted by Gasteiger charge is -2.27. The third-order valence-corrected chi connectivity index (χ3v) is 2.86. The van der Waals surface area contributed by atoms with Gasteiger partial charge in [0.25, 0.3) is 0 Å². The van der Waals surface area contributed by atoms with E-state index in [-0.39, 0.29) is 5.56 Å². The van der Waals surface area contributed by atoms with E-state index in [4.69, 9.17) is 5.11 Å². The number of halogens is 6. The van der Waals surface area contributed by atoms with Gasteiger partial charge in [-0.1, -0.05) is 12.1 Å². The van der Waals surface area contributed by atoms with Crippen LogP contribution in [-0.2, 0) is 16.5 Å². The van der Waals surface area contributed by atoms with Crippen molar-refractivity contribution < 1.29 is 36.2 Å². The van der Waals surface area contributed by atoms with Crippen LogP contribution in [-0.4, -0.2) is 23.8 Å². The summed E-state index contributed by atoms with van der Waals surface area (Å²) in [5.41, 5.74) is -3.39. The maximum atomic E-state index is 12.4. The van der Waals surface area contributed by atoms with E-state index in [1.807, 2.05) is 0 Å². The van der Waals surface area contributed by atoms with E-state index in [0.717, 1.165) is 19.1 Å². The molecule has 0 bridgehead atoms. The number of nitrogens with one attached hydrogen (secondary N) is 1. The summed E-state index contributed by atoms with van der Waals surface area (Å²) in [4.78, 5) is 11.2. The number of rotatable bonds is 4. The third kappa shape index (κ3) is 4.35. The van der Waals surface area contributed by atoms with Gasteiger partial charge in [0.15, 0.2) is 0 Å². The molecule has 0 spiro atoms. The molecule has 0 aliphatic rings. The van der Waals surface area contributed by atoms with Crippen LogP contribution in [0.25, 0.3) is 0 Å². The molecule has 1 aromatic carbocycles. The molecule has 0 saturated carbocycles. The Hall–Kier alpha value is -1.77. The summed E-state index contributed by atoms with van der Waals surface area (Å²) in [6.45, 7) is -0.638. The first-order chi connectivity index (χ1) is 9.36. The van der Waals surface area contributed by atoms with Crippen LogP contribution in [0.15, 0.2) is 24.3 Å². The molecule has 9 heteroatoms. The quantitative estimate of drug-likeness (QED) is 0.839. The first-order valence-corrected chi connectivity index (χ1v) is 5.59. The Balaban J connectivity index is 3.09. The van der Waals surface area contributed by atoms with Gasteiger partial charge in [-0.25, -0.2) is 4.79 Å². The molecule has 1 unspecified atom stereocenters.